The van der Waals surface area contributed by atoms with E-state index in [1.54, 1.807) is 6.07 Å². The summed E-state index contributed by atoms with van der Waals surface area (Å²) in [6.45, 7) is -0.249. The summed E-state index contributed by atoms with van der Waals surface area (Å²) < 4.78 is 30.6. The molecule has 0 radical (unpaired) electrons. The zero-order chi connectivity index (χ0) is 13.7. The van der Waals surface area contributed by atoms with Gasteiger partial charge < -0.3 is 10.1 Å². The number of nitrogens with one attached hydrogen (secondary N) is 1. The van der Waals surface area contributed by atoms with E-state index in [-0.39, 0.29) is 18.2 Å². The Labute approximate surface area is 108 Å². The van der Waals surface area contributed by atoms with E-state index in [9.17, 15) is 13.6 Å². The molecule has 1 amide bonds. The summed E-state index contributed by atoms with van der Waals surface area (Å²) in [7, 11) is 0. The highest BCUT2D eigenvalue weighted by Crippen LogP contribution is 2.12. The molecule has 98 valence electrons. The van der Waals surface area contributed by atoms with E-state index in [0.717, 1.165) is 0 Å². The number of anilines is 1. The first-order chi connectivity index (χ1) is 9.13. The van der Waals surface area contributed by atoms with Gasteiger partial charge in [0, 0.05) is 11.8 Å². The van der Waals surface area contributed by atoms with Crippen LogP contribution in [0.2, 0.25) is 0 Å². The Morgan fingerprint density at radius 1 is 1.05 bits per heavy atom. The van der Waals surface area contributed by atoms with Gasteiger partial charge in [-0.3, -0.25) is 4.79 Å². The number of hydrogen-bond acceptors (Lipinski definition) is 2. The van der Waals surface area contributed by atoms with E-state index in [2.05, 4.69) is 5.32 Å². The fraction of sp³-hybridized carbons (Fsp3) is 0.0714. The second kappa shape index (κ2) is 5.95. The van der Waals surface area contributed by atoms with Crippen molar-refractivity contribution < 1.29 is 18.3 Å². The van der Waals surface area contributed by atoms with Gasteiger partial charge in [0.05, 0.1) is 0 Å². The molecule has 5 heteroatoms. The maximum absolute atomic E-state index is 12.9. The van der Waals surface area contributed by atoms with Crippen molar-refractivity contribution in [2.24, 2.45) is 0 Å². The molecule has 2 aromatic rings. The third-order valence-corrected chi connectivity index (χ3v) is 2.29. The molecular formula is C14H11F2NO2. The zero-order valence-corrected chi connectivity index (χ0v) is 9.90. The Kier molecular flexibility index (Phi) is 4.07. The van der Waals surface area contributed by atoms with Gasteiger partial charge in [0.2, 0.25) is 0 Å². The molecule has 0 saturated carbocycles. The van der Waals surface area contributed by atoms with Gasteiger partial charge in [0.1, 0.15) is 17.4 Å². The van der Waals surface area contributed by atoms with E-state index in [4.69, 9.17) is 4.74 Å². The van der Waals surface area contributed by atoms with Crippen molar-refractivity contribution in [1.29, 1.82) is 0 Å². The van der Waals surface area contributed by atoms with E-state index >= 15 is 0 Å². The lowest BCUT2D eigenvalue weighted by atomic mass is 10.3. The molecule has 0 unspecified atom stereocenters. The minimum Gasteiger partial charge on any atom is -0.484 e. The first kappa shape index (κ1) is 13.0. The second-order valence-corrected chi connectivity index (χ2v) is 3.80. The summed E-state index contributed by atoms with van der Waals surface area (Å²) in [6.07, 6.45) is 0. The molecule has 0 aromatic heterocycles. The van der Waals surface area contributed by atoms with Crippen LogP contribution >= 0.6 is 0 Å². The van der Waals surface area contributed by atoms with Crippen LogP contribution in [0.15, 0.2) is 48.5 Å². The van der Waals surface area contributed by atoms with Gasteiger partial charge in [0.15, 0.2) is 6.61 Å². The predicted molar refractivity (Wildman–Crippen MR) is 66.9 cm³/mol. The maximum atomic E-state index is 12.9. The Hall–Kier alpha value is -2.43. The van der Waals surface area contributed by atoms with E-state index < -0.39 is 11.7 Å². The van der Waals surface area contributed by atoms with Gasteiger partial charge in [-0.05, 0) is 36.4 Å². The molecule has 0 aliphatic rings. The summed E-state index contributed by atoms with van der Waals surface area (Å²) >= 11 is 0. The van der Waals surface area contributed by atoms with Crippen molar-refractivity contribution in [2.75, 3.05) is 11.9 Å². The molecule has 0 spiro atoms. The van der Waals surface area contributed by atoms with Crippen LogP contribution in [0.5, 0.6) is 5.75 Å². The highest BCUT2D eigenvalue weighted by Gasteiger charge is 2.04. The number of amides is 1. The number of hydrogen-bond donors (Lipinski definition) is 1. The molecule has 3 nitrogen and oxygen atoms in total. The predicted octanol–water partition coefficient (Wildman–Crippen LogP) is 2.98. The molecule has 2 rings (SSSR count). The highest BCUT2D eigenvalue weighted by atomic mass is 19.1. The normalized spacial score (nSPS) is 10.0. The number of benzene rings is 2. The quantitative estimate of drug-likeness (QED) is 0.920. The van der Waals surface area contributed by atoms with Gasteiger partial charge in [0.25, 0.3) is 5.91 Å². The van der Waals surface area contributed by atoms with Crippen LogP contribution in [0.3, 0.4) is 0 Å². The number of rotatable bonds is 4. The van der Waals surface area contributed by atoms with Gasteiger partial charge in [-0.2, -0.15) is 0 Å². The Balaban J connectivity index is 1.86. The third kappa shape index (κ3) is 4.06. The number of carbonyl (C=O) groups excluding carboxylic acids is 1. The van der Waals surface area contributed by atoms with Crippen molar-refractivity contribution in [1.82, 2.24) is 0 Å². The lowest BCUT2D eigenvalue weighted by Crippen LogP contribution is -2.20. The molecule has 0 atom stereocenters. The summed E-state index contributed by atoms with van der Waals surface area (Å²) in [5, 5.41) is 2.53. The largest absolute Gasteiger partial charge is 0.484 e. The Morgan fingerprint density at radius 3 is 2.47 bits per heavy atom. The minimum absolute atomic E-state index is 0.249. The van der Waals surface area contributed by atoms with Crippen molar-refractivity contribution >= 4 is 11.6 Å². The number of halogens is 2. The van der Waals surface area contributed by atoms with Gasteiger partial charge >= 0.3 is 0 Å². The van der Waals surface area contributed by atoms with Gasteiger partial charge in [-0.15, -0.1) is 0 Å². The molecule has 0 heterocycles. The standard InChI is InChI=1S/C14H11F2NO2/c15-10-4-6-12(7-5-10)17-14(18)9-19-13-3-1-2-11(16)8-13/h1-8H,9H2,(H,17,18). The SMILES string of the molecule is O=C(COc1cccc(F)c1)Nc1ccc(F)cc1. The molecule has 0 aliphatic carbocycles. The molecular weight excluding hydrogens is 252 g/mol. The molecule has 0 bridgehead atoms. The summed E-state index contributed by atoms with van der Waals surface area (Å²) in [5.74, 6) is -0.949. The molecule has 2 aromatic carbocycles. The number of carbonyl (C=O) groups is 1. The monoisotopic (exact) mass is 263 g/mol. The fourth-order valence-corrected chi connectivity index (χ4v) is 1.44. The topological polar surface area (TPSA) is 38.3 Å². The van der Waals surface area contributed by atoms with Crippen LogP contribution in [0.4, 0.5) is 14.5 Å². The Morgan fingerprint density at radius 2 is 1.79 bits per heavy atom. The highest BCUT2D eigenvalue weighted by molar-refractivity contribution is 5.91. The molecule has 19 heavy (non-hydrogen) atoms. The minimum atomic E-state index is -0.434. The molecule has 0 aliphatic heterocycles. The first-order valence-corrected chi connectivity index (χ1v) is 5.57. The van der Waals surface area contributed by atoms with Crippen LogP contribution in [0, 0.1) is 11.6 Å². The third-order valence-electron chi connectivity index (χ3n) is 2.29. The summed E-state index contributed by atoms with van der Waals surface area (Å²) in [6, 6.07) is 10.9. The number of ether oxygens (including phenoxy) is 1. The van der Waals surface area contributed by atoms with E-state index in [1.807, 2.05) is 0 Å². The zero-order valence-electron chi connectivity index (χ0n) is 9.90. The van der Waals surface area contributed by atoms with Crippen LogP contribution in [-0.2, 0) is 4.79 Å². The van der Waals surface area contributed by atoms with E-state index in [0.29, 0.717) is 5.69 Å². The van der Waals surface area contributed by atoms with Crippen LogP contribution in [-0.4, -0.2) is 12.5 Å². The van der Waals surface area contributed by atoms with Gasteiger partial charge in [-0.25, -0.2) is 8.78 Å². The second-order valence-electron chi connectivity index (χ2n) is 3.80. The summed E-state index contributed by atoms with van der Waals surface area (Å²) in [4.78, 5) is 11.5. The lowest BCUT2D eigenvalue weighted by molar-refractivity contribution is -0.118. The van der Waals surface area contributed by atoms with Crippen molar-refractivity contribution in [3.05, 3.63) is 60.2 Å². The van der Waals surface area contributed by atoms with Crippen molar-refractivity contribution in [3.63, 3.8) is 0 Å². The van der Waals surface area contributed by atoms with Crippen LogP contribution < -0.4 is 10.1 Å². The first-order valence-electron chi connectivity index (χ1n) is 5.57. The molecule has 0 saturated heterocycles. The van der Waals surface area contributed by atoms with E-state index in [1.165, 1.54) is 42.5 Å². The lowest BCUT2D eigenvalue weighted by Gasteiger charge is -2.07. The fourth-order valence-electron chi connectivity index (χ4n) is 1.44. The Bertz CT molecular complexity index is 570. The smallest absolute Gasteiger partial charge is 0.262 e. The maximum Gasteiger partial charge on any atom is 0.262 e. The van der Waals surface area contributed by atoms with Crippen LogP contribution in [0.1, 0.15) is 0 Å². The van der Waals surface area contributed by atoms with Crippen molar-refractivity contribution in [3.8, 4) is 5.75 Å². The molecule has 0 fully saturated rings. The summed E-state index contributed by atoms with van der Waals surface area (Å²) in [5.41, 5.74) is 0.467. The van der Waals surface area contributed by atoms with Crippen LogP contribution in [0.25, 0.3) is 0 Å². The average Bonchev–Trinajstić information content (AvgIpc) is 2.39. The van der Waals surface area contributed by atoms with Crippen molar-refractivity contribution in [2.45, 2.75) is 0 Å². The van der Waals surface area contributed by atoms with Gasteiger partial charge in [-0.1, -0.05) is 6.07 Å². The average molecular weight is 263 g/mol. The molecule has 1 N–H and O–H groups in total.